The second-order valence-electron chi connectivity index (χ2n) is 9.52. The molecule has 3 aromatic carbocycles. The summed E-state index contributed by atoms with van der Waals surface area (Å²) in [5.74, 6) is 0.301. The molecule has 34 heavy (non-hydrogen) atoms. The molecule has 4 nitrogen and oxygen atoms in total. The van der Waals surface area contributed by atoms with Gasteiger partial charge in [0.25, 0.3) is 0 Å². The molecule has 0 atom stereocenters. The number of nitrogens with zero attached hydrogens (tertiary/aromatic N) is 2. The number of amides is 1. The van der Waals surface area contributed by atoms with Crippen LogP contribution in [0.4, 0.5) is 0 Å². The minimum absolute atomic E-state index is 0.108. The van der Waals surface area contributed by atoms with E-state index in [4.69, 9.17) is 0 Å². The third kappa shape index (κ3) is 5.23. The molecule has 1 fully saturated rings. The van der Waals surface area contributed by atoms with E-state index in [0.717, 1.165) is 44.6 Å². The van der Waals surface area contributed by atoms with Crippen molar-refractivity contribution >= 4 is 16.8 Å². The highest BCUT2D eigenvalue weighted by atomic mass is 16.1. The zero-order valence-corrected chi connectivity index (χ0v) is 19.9. The molecule has 1 N–H and O–H groups in total. The monoisotopic (exact) mass is 451 g/mol. The summed E-state index contributed by atoms with van der Waals surface area (Å²) in [6.07, 6.45) is 1.83. The predicted octanol–water partition coefficient (Wildman–Crippen LogP) is 5.53. The van der Waals surface area contributed by atoms with Gasteiger partial charge >= 0.3 is 0 Å². The minimum atomic E-state index is 0.108. The number of aryl methyl sites for hydroxylation is 1. The van der Waals surface area contributed by atoms with E-state index >= 15 is 0 Å². The van der Waals surface area contributed by atoms with E-state index in [2.05, 4.69) is 101 Å². The maximum atomic E-state index is 12.8. The fourth-order valence-electron chi connectivity index (χ4n) is 5.09. The average molecular weight is 452 g/mol. The van der Waals surface area contributed by atoms with Gasteiger partial charge in [-0.15, -0.1) is 0 Å². The first kappa shape index (κ1) is 22.4. The van der Waals surface area contributed by atoms with Gasteiger partial charge in [0.05, 0.1) is 0 Å². The van der Waals surface area contributed by atoms with Crippen LogP contribution in [0.25, 0.3) is 10.9 Å². The van der Waals surface area contributed by atoms with Crippen molar-refractivity contribution in [2.45, 2.75) is 39.4 Å². The number of fused-ring (bicyclic) bond motifs is 1. The third-order valence-corrected chi connectivity index (χ3v) is 6.97. The second kappa shape index (κ2) is 10.3. The number of hydrogen-bond donors (Lipinski definition) is 1. The SMILES string of the molecule is Cc1cccc(CNC(=O)C2CCN(Cc3cc4ccccc4n3Cc3ccccc3)CC2)c1. The maximum absolute atomic E-state index is 12.8. The summed E-state index contributed by atoms with van der Waals surface area (Å²) < 4.78 is 2.45. The molecule has 1 aliphatic heterocycles. The number of carbonyl (C=O) groups excluding carboxylic acids is 1. The second-order valence-corrected chi connectivity index (χ2v) is 9.52. The van der Waals surface area contributed by atoms with Crippen molar-refractivity contribution in [1.82, 2.24) is 14.8 Å². The average Bonchev–Trinajstić information content (AvgIpc) is 3.20. The third-order valence-electron chi connectivity index (χ3n) is 6.97. The van der Waals surface area contributed by atoms with Gasteiger partial charge in [0.15, 0.2) is 0 Å². The van der Waals surface area contributed by atoms with Crippen LogP contribution < -0.4 is 5.32 Å². The van der Waals surface area contributed by atoms with E-state index in [-0.39, 0.29) is 11.8 Å². The molecule has 0 radical (unpaired) electrons. The van der Waals surface area contributed by atoms with E-state index in [9.17, 15) is 4.79 Å². The van der Waals surface area contributed by atoms with Crippen LogP contribution in [0.3, 0.4) is 0 Å². The van der Waals surface area contributed by atoms with Gasteiger partial charge in [0.1, 0.15) is 0 Å². The summed E-state index contributed by atoms with van der Waals surface area (Å²) in [6.45, 7) is 6.39. The van der Waals surface area contributed by atoms with Gasteiger partial charge in [-0.3, -0.25) is 9.69 Å². The molecule has 1 saturated heterocycles. The number of hydrogen-bond acceptors (Lipinski definition) is 2. The molecule has 1 aromatic heterocycles. The van der Waals surface area contributed by atoms with Gasteiger partial charge in [-0.05, 0) is 61.5 Å². The van der Waals surface area contributed by atoms with E-state index in [0.29, 0.717) is 6.54 Å². The fourth-order valence-corrected chi connectivity index (χ4v) is 5.09. The van der Waals surface area contributed by atoms with E-state index in [1.54, 1.807) is 0 Å². The molecule has 1 amide bonds. The molecule has 4 aromatic rings. The highest BCUT2D eigenvalue weighted by Crippen LogP contribution is 2.25. The van der Waals surface area contributed by atoms with Gasteiger partial charge in [-0.1, -0.05) is 78.4 Å². The Morgan fingerprint density at radius 2 is 1.59 bits per heavy atom. The molecule has 0 bridgehead atoms. The number of piperidine rings is 1. The highest BCUT2D eigenvalue weighted by molar-refractivity contribution is 5.81. The molecule has 1 aliphatic rings. The lowest BCUT2D eigenvalue weighted by molar-refractivity contribution is -0.126. The maximum Gasteiger partial charge on any atom is 0.223 e. The molecule has 0 unspecified atom stereocenters. The van der Waals surface area contributed by atoms with Gasteiger partial charge in [-0.2, -0.15) is 0 Å². The lowest BCUT2D eigenvalue weighted by Gasteiger charge is -2.31. The Labute approximate surface area is 202 Å². The summed E-state index contributed by atoms with van der Waals surface area (Å²) in [6, 6.07) is 30.0. The Morgan fingerprint density at radius 3 is 2.38 bits per heavy atom. The zero-order chi connectivity index (χ0) is 23.3. The number of nitrogens with one attached hydrogen (secondary N) is 1. The topological polar surface area (TPSA) is 37.3 Å². The number of rotatable bonds is 7. The predicted molar refractivity (Wildman–Crippen MR) is 139 cm³/mol. The van der Waals surface area contributed by atoms with Gasteiger partial charge in [-0.25, -0.2) is 0 Å². The first-order valence-corrected chi connectivity index (χ1v) is 12.3. The summed E-state index contributed by atoms with van der Waals surface area (Å²) in [7, 11) is 0. The standard InChI is InChI=1S/C30H33N3O/c1-23-8-7-11-25(18-23)20-31-30(34)26-14-16-32(17-15-26)22-28-19-27-12-5-6-13-29(27)33(28)21-24-9-3-2-4-10-24/h2-13,18-19,26H,14-17,20-22H2,1H3,(H,31,34). The first-order valence-electron chi connectivity index (χ1n) is 12.3. The molecule has 0 saturated carbocycles. The molecule has 174 valence electrons. The zero-order valence-electron chi connectivity index (χ0n) is 19.9. The van der Waals surface area contributed by atoms with Gasteiger partial charge < -0.3 is 9.88 Å². The molecular weight excluding hydrogens is 418 g/mol. The van der Waals surface area contributed by atoms with Crippen LogP contribution in [0, 0.1) is 12.8 Å². The van der Waals surface area contributed by atoms with Crippen molar-refractivity contribution in [3.8, 4) is 0 Å². The normalized spacial score (nSPS) is 15.0. The largest absolute Gasteiger partial charge is 0.352 e. The van der Waals surface area contributed by atoms with Crippen molar-refractivity contribution in [3.63, 3.8) is 0 Å². The van der Waals surface area contributed by atoms with Crippen molar-refractivity contribution in [2.24, 2.45) is 5.92 Å². The first-order chi connectivity index (χ1) is 16.7. The van der Waals surface area contributed by atoms with Crippen LogP contribution in [-0.4, -0.2) is 28.5 Å². The fraction of sp³-hybridized carbons (Fsp3) is 0.300. The van der Waals surface area contributed by atoms with Crippen LogP contribution in [-0.2, 0) is 24.4 Å². The quantitative estimate of drug-likeness (QED) is 0.401. The van der Waals surface area contributed by atoms with Crippen LogP contribution in [0.1, 0.15) is 35.2 Å². The Bertz CT molecular complexity index is 1250. The number of carbonyl (C=O) groups is 1. The van der Waals surface area contributed by atoms with E-state index < -0.39 is 0 Å². The Morgan fingerprint density at radius 1 is 0.853 bits per heavy atom. The van der Waals surface area contributed by atoms with Crippen LogP contribution >= 0.6 is 0 Å². The van der Waals surface area contributed by atoms with Crippen LogP contribution in [0.2, 0.25) is 0 Å². The molecule has 2 heterocycles. The Kier molecular flexibility index (Phi) is 6.77. The number of aromatic nitrogens is 1. The smallest absolute Gasteiger partial charge is 0.223 e. The minimum Gasteiger partial charge on any atom is -0.352 e. The summed E-state index contributed by atoms with van der Waals surface area (Å²) in [5, 5.41) is 4.44. The number of benzene rings is 3. The van der Waals surface area contributed by atoms with Crippen LogP contribution in [0.15, 0.2) is 84.9 Å². The summed E-state index contributed by atoms with van der Waals surface area (Å²) in [4.78, 5) is 15.3. The molecule has 0 spiro atoms. The van der Waals surface area contributed by atoms with E-state index in [1.807, 2.05) is 6.07 Å². The summed E-state index contributed by atoms with van der Waals surface area (Å²) in [5.41, 5.74) is 6.33. The van der Waals surface area contributed by atoms with Crippen LogP contribution in [0.5, 0.6) is 0 Å². The highest BCUT2D eigenvalue weighted by Gasteiger charge is 2.25. The Balaban J connectivity index is 1.21. The van der Waals surface area contributed by atoms with E-state index in [1.165, 1.54) is 27.7 Å². The van der Waals surface area contributed by atoms with Gasteiger partial charge in [0.2, 0.25) is 5.91 Å². The lowest BCUT2D eigenvalue weighted by Crippen LogP contribution is -2.40. The summed E-state index contributed by atoms with van der Waals surface area (Å²) >= 11 is 0. The number of para-hydroxylation sites is 1. The van der Waals surface area contributed by atoms with Gasteiger partial charge in [0, 0.05) is 36.8 Å². The van der Waals surface area contributed by atoms with Crippen molar-refractivity contribution in [1.29, 1.82) is 0 Å². The van der Waals surface area contributed by atoms with Crippen molar-refractivity contribution in [2.75, 3.05) is 13.1 Å². The lowest BCUT2D eigenvalue weighted by atomic mass is 9.95. The van der Waals surface area contributed by atoms with Crippen molar-refractivity contribution in [3.05, 3.63) is 107 Å². The Hall–Kier alpha value is -3.37. The molecule has 5 rings (SSSR count). The number of likely N-dealkylation sites (tertiary alicyclic amines) is 1. The molecule has 0 aliphatic carbocycles. The molecule has 4 heteroatoms. The van der Waals surface area contributed by atoms with Crippen molar-refractivity contribution < 1.29 is 4.79 Å². The molecular formula is C30H33N3O.